The highest BCUT2D eigenvalue weighted by molar-refractivity contribution is 6.98. The van der Waals surface area contributed by atoms with Gasteiger partial charge in [0.15, 0.2) is 25.0 Å². The van der Waals surface area contributed by atoms with E-state index < -0.39 is 83.9 Å². The molecule has 0 saturated heterocycles. The quantitative estimate of drug-likeness (QED) is 0.0529. The first-order chi connectivity index (χ1) is 27.0. The average molecular weight is 996 g/mol. The topological polar surface area (TPSA) is 73.8 Å². The van der Waals surface area contributed by atoms with E-state index in [1.54, 1.807) is 0 Å². The molecule has 0 aliphatic rings. The molecule has 1 atom stereocenters. The molecule has 18 heteroatoms. The second-order valence-corrected chi connectivity index (χ2v) is 62.6. The summed E-state index contributed by atoms with van der Waals surface area (Å²) in [4.78, 5) is 5.73. The zero-order chi connectivity index (χ0) is 45.9. The molecular formula is C42H82O8Si10. The van der Waals surface area contributed by atoms with Gasteiger partial charge in [0.2, 0.25) is 25.0 Å². The van der Waals surface area contributed by atoms with Crippen molar-refractivity contribution in [3.8, 4) is 0 Å². The fourth-order valence-electron chi connectivity index (χ4n) is 7.53. The van der Waals surface area contributed by atoms with Gasteiger partial charge in [-0.15, -0.1) is 0 Å². The van der Waals surface area contributed by atoms with Crippen molar-refractivity contribution in [2.24, 2.45) is 0 Å². The molecule has 0 spiro atoms. The van der Waals surface area contributed by atoms with E-state index in [-0.39, 0.29) is 0 Å². The van der Waals surface area contributed by atoms with Crippen LogP contribution in [0.5, 0.6) is 0 Å². The van der Waals surface area contributed by atoms with Crippen molar-refractivity contribution in [2.75, 3.05) is 6.61 Å². The van der Waals surface area contributed by atoms with Crippen LogP contribution in [0.2, 0.25) is 143 Å². The molecule has 0 aliphatic heterocycles. The van der Waals surface area contributed by atoms with E-state index in [9.17, 15) is 0 Å². The van der Waals surface area contributed by atoms with Gasteiger partial charge in [-0.05, 0) is 146 Å². The maximum atomic E-state index is 7.40. The van der Waals surface area contributed by atoms with Crippen LogP contribution in [-0.4, -0.2) is 90.5 Å². The maximum absolute atomic E-state index is 7.40. The Morgan fingerprint density at radius 2 is 0.767 bits per heavy atom. The zero-order valence-electron chi connectivity index (χ0n) is 41.4. The van der Waals surface area contributed by atoms with Crippen molar-refractivity contribution in [2.45, 2.75) is 150 Å². The molecule has 0 bridgehead atoms. The summed E-state index contributed by atoms with van der Waals surface area (Å²) in [6.07, 6.45) is 0. The summed E-state index contributed by atoms with van der Waals surface area (Å²) in [5.74, 6) is 0. The molecule has 60 heavy (non-hydrogen) atoms. The lowest BCUT2D eigenvalue weighted by Crippen LogP contribution is -2.67. The minimum absolute atomic E-state index is 0.450. The summed E-state index contributed by atoms with van der Waals surface area (Å²) in [7, 11) is -23.6. The molecule has 0 aromatic heterocycles. The number of hydrogen-bond donors (Lipinski definition) is 0. The highest BCUT2D eigenvalue weighted by atomic mass is 28.5. The van der Waals surface area contributed by atoms with Gasteiger partial charge in [0, 0.05) is 5.19 Å². The molecule has 8 nitrogen and oxygen atoms in total. The molecule has 0 heterocycles. The van der Waals surface area contributed by atoms with Crippen LogP contribution in [0, 0.1) is 0 Å². The fraction of sp³-hybridized carbons (Fsp3) is 0.571. The summed E-state index contributed by atoms with van der Waals surface area (Å²) in [5, 5.41) is 6.30. The van der Waals surface area contributed by atoms with Gasteiger partial charge >= 0.3 is 25.9 Å². The van der Waals surface area contributed by atoms with Crippen LogP contribution in [0.15, 0.2) is 78.9 Å². The molecule has 0 aliphatic carbocycles. The van der Waals surface area contributed by atoms with E-state index in [2.05, 4.69) is 204 Å². The Morgan fingerprint density at radius 3 is 1.13 bits per heavy atom. The van der Waals surface area contributed by atoms with Crippen molar-refractivity contribution in [1.29, 1.82) is 0 Å². The second kappa shape index (κ2) is 19.9. The molecule has 0 saturated carbocycles. The van der Waals surface area contributed by atoms with E-state index in [0.29, 0.717) is 6.61 Å². The Labute approximate surface area is 377 Å². The molecule has 0 radical (unpaired) electrons. The van der Waals surface area contributed by atoms with Crippen LogP contribution in [0.25, 0.3) is 0 Å². The first-order valence-corrected chi connectivity index (χ1v) is 51.0. The number of hydrogen-bond acceptors (Lipinski definition) is 8. The first kappa shape index (κ1) is 53.8. The van der Waals surface area contributed by atoms with Gasteiger partial charge in [-0.1, -0.05) is 104 Å². The van der Waals surface area contributed by atoms with Crippen LogP contribution in [0.4, 0.5) is 0 Å². The van der Waals surface area contributed by atoms with Gasteiger partial charge in [0.25, 0.3) is 0 Å². The monoisotopic (exact) mass is 994 g/mol. The predicted octanol–water partition coefficient (Wildman–Crippen LogP) is 9.73. The highest BCUT2D eigenvalue weighted by Crippen LogP contribution is 2.32. The van der Waals surface area contributed by atoms with Gasteiger partial charge in [-0.2, -0.15) is 0 Å². The van der Waals surface area contributed by atoms with Crippen LogP contribution in [0.1, 0.15) is 6.92 Å². The Kier molecular flexibility index (Phi) is 17.9. The molecule has 338 valence electrons. The standard InChI is InChI=1S/C42H82O8Si10/c1-22-43-44-59(21,37-36-54(11,12)47-60(45-52(5,6)7,46-53(8,9)10)42-26-24-23-25-27-42)50-57(17,18)41-34-32-40(33-35-41)56(15,16)49-58(19,20)48-55(13,14)39-30-28-38(29-31-39)51(2,3)4/h23-35H,22,36-37H2,1-21H3. The highest BCUT2D eigenvalue weighted by Gasteiger charge is 2.54. The van der Waals surface area contributed by atoms with Gasteiger partial charge in [-0.3, -0.25) is 4.58 Å². The Balaban J connectivity index is 1.82. The van der Waals surface area contributed by atoms with Gasteiger partial charge in [0.05, 0.1) is 14.7 Å². The zero-order valence-corrected chi connectivity index (χ0v) is 51.4. The van der Waals surface area contributed by atoms with E-state index in [0.717, 1.165) is 17.3 Å². The van der Waals surface area contributed by atoms with Crippen molar-refractivity contribution >= 4 is 110 Å². The van der Waals surface area contributed by atoms with E-state index in [1.165, 1.54) is 20.7 Å². The third-order valence-corrected chi connectivity index (χ3v) is 44.1. The molecule has 0 amide bonds. The summed E-state index contributed by atoms with van der Waals surface area (Å²) < 4.78 is 49.3. The van der Waals surface area contributed by atoms with Crippen LogP contribution in [-0.2, 0) is 34.2 Å². The summed E-state index contributed by atoms with van der Waals surface area (Å²) in [5.41, 5.74) is 0. The normalized spacial score (nSPS) is 15.3. The third kappa shape index (κ3) is 16.5. The van der Waals surface area contributed by atoms with E-state index in [4.69, 9.17) is 34.2 Å². The third-order valence-electron chi connectivity index (χ3n) is 10.1. The molecule has 3 aromatic rings. The fourth-order valence-corrected chi connectivity index (χ4v) is 46.3. The minimum Gasteiger partial charge on any atom is -0.433 e. The minimum atomic E-state index is -3.28. The lowest BCUT2D eigenvalue weighted by Gasteiger charge is -2.44. The Bertz CT molecular complexity index is 1790. The van der Waals surface area contributed by atoms with Gasteiger partial charge in [0.1, 0.15) is 0 Å². The van der Waals surface area contributed by atoms with E-state index >= 15 is 0 Å². The van der Waals surface area contributed by atoms with Gasteiger partial charge < -0.3 is 24.7 Å². The molecular weight excluding hydrogens is 913 g/mol. The molecule has 1 unspecified atom stereocenters. The Hall–Kier alpha value is -0.491. The van der Waals surface area contributed by atoms with Crippen molar-refractivity contribution in [1.82, 2.24) is 0 Å². The number of benzene rings is 3. The second-order valence-electron chi connectivity index (χ2n) is 22.0. The van der Waals surface area contributed by atoms with Crippen LogP contribution >= 0.6 is 0 Å². The lowest BCUT2D eigenvalue weighted by atomic mass is 10.4. The Morgan fingerprint density at radius 1 is 0.383 bits per heavy atom. The lowest BCUT2D eigenvalue weighted by molar-refractivity contribution is -0.224. The summed E-state index contributed by atoms with van der Waals surface area (Å²) >= 11 is 0. The van der Waals surface area contributed by atoms with Crippen molar-refractivity contribution < 1.29 is 34.2 Å². The van der Waals surface area contributed by atoms with E-state index in [1.807, 2.05) is 13.0 Å². The molecule has 3 rings (SSSR count). The average Bonchev–Trinajstić information content (AvgIpc) is 3.07. The summed E-state index contributed by atoms with van der Waals surface area (Å²) in [6, 6.07) is 30.3. The van der Waals surface area contributed by atoms with Crippen molar-refractivity contribution in [3.05, 3.63) is 78.9 Å². The molecule has 0 fully saturated rings. The van der Waals surface area contributed by atoms with Crippen LogP contribution in [0.3, 0.4) is 0 Å². The predicted molar refractivity (Wildman–Crippen MR) is 281 cm³/mol. The molecule has 3 aromatic carbocycles. The van der Waals surface area contributed by atoms with Crippen LogP contribution < -0.4 is 25.9 Å². The van der Waals surface area contributed by atoms with Gasteiger partial charge in [-0.25, -0.2) is 4.89 Å². The SMILES string of the molecule is CCOO[Si](C)(CC[Si](C)(C)O[Si](O[Si](C)(C)C)(O[Si](C)(C)C)c1ccccc1)O[Si](C)(C)c1ccc([Si](C)(C)O[Si](C)(C)O[Si](C)(C)c2ccc([Si](C)(C)C)cc2)cc1. The largest absolute Gasteiger partial charge is 0.505 e. The van der Waals surface area contributed by atoms with Crippen molar-refractivity contribution in [3.63, 3.8) is 0 Å². The summed E-state index contributed by atoms with van der Waals surface area (Å²) in [6.45, 7) is 47.8. The first-order valence-electron chi connectivity index (χ1n) is 21.8. The number of rotatable bonds is 23. The smallest absolute Gasteiger partial charge is 0.433 e. The molecule has 0 N–H and O–H groups in total. The maximum Gasteiger partial charge on any atom is 0.505 e.